The molecule has 0 saturated heterocycles. The van der Waals surface area contributed by atoms with Gasteiger partial charge < -0.3 is 15.2 Å². The highest BCUT2D eigenvalue weighted by Crippen LogP contribution is 2.34. The molecule has 0 aliphatic heterocycles. The second-order valence-electron chi connectivity index (χ2n) is 4.17. The Morgan fingerprint density at radius 1 is 1.05 bits per heavy atom. The van der Waals surface area contributed by atoms with Crippen molar-refractivity contribution < 1.29 is 9.47 Å². The van der Waals surface area contributed by atoms with Crippen LogP contribution in [0.15, 0.2) is 41.3 Å². The van der Waals surface area contributed by atoms with E-state index in [1.807, 2.05) is 30.3 Å². The van der Waals surface area contributed by atoms with Gasteiger partial charge in [0, 0.05) is 16.3 Å². The van der Waals surface area contributed by atoms with Crippen LogP contribution in [-0.2, 0) is 5.75 Å². The monoisotopic (exact) mass is 309 g/mol. The van der Waals surface area contributed by atoms with Gasteiger partial charge >= 0.3 is 0 Å². The zero-order chi connectivity index (χ0) is 14.5. The summed E-state index contributed by atoms with van der Waals surface area (Å²) in [5.74, 6) is 2.23. The summed E-state index contributed by atoms with van der Waals surface area (Å²) in [5.41, 5.74) is 7.61. The Bertz CT molecular complexity index is 604. The van der Waals surface area contributed by atoms with E-state index in [1.165, 1.54) is 0 Å². The molecule has 106 valence electrons. The Morgan fingerprint density at radius 3 is 2.50 bits per heavy atom. The van der Waals surface area contributed by atoms with Crippen LogP contribution in [0.2, 0.25) is 5.02 Å². The van der Waals surface area contributed by atoms with Gasteiger partial charge in [0.1, 0.15) is 0 Å². The van der Waals surface area contributed by atoms with Crippen molar-refractivity contribution in [3.05, 3.63) is 47.0 Å². The van der Waals surface area contributed by atoms with E-state index in [4.69, 9.17) is 26.8 Å². The van der Waals surface area contributed by atoms with Gasteiger partial charge in [-0.05, 0) is 35.9 Å². The Morgan fingerprint density at radius 2 is 1.80 bits per heavy atom. The van der Waals surface area contributed by atoms with Gasteiger partial charge in [-0.3, -0.25) is 0 Å². The highest BCUT2D eigenvalue weighted by molar-refractivity contribution is 7.98. The maximum atomic E-state index is 6.15. The summed E-state index contributed by atoms with van der Waals surface area (Å²) in [5, 5.41) is 0.713. The van der Waals surface area contributed by atoms with E-state index in [0.717, 1.165) is 27.7 Å². The summed E-state index contributed by atoms with van der Waals surface area (Å²) >= 11 is 7.79. The van der Waals surface area contributed by atoms with E-state index < -0.39 is 0 Å². The second-order valence-corrected chi connectivity index (χ2v) is 5.59. The molecule has 3 nitrogen and oxygen atoms in total. The van der Waals surface area contributed by atoms with Crippen molar-refractivity contribution in [2.75, 3.05) is 20.0 Å². The SMILES string of the molecule is COc1ccc(CSc2cc(N)ccc2Cl)cc1OC. The zero-order valence-electron chi connectivity index (χ0n) is 11.4. The maximum absolute atomic E-state index is 6.15. The zero-order valence-corrected chi connectivity index (χ0v) is 12.9. The fourth-order valence-corrected chi connectivity index (χ4v) is 2.97. The first kappa shape index (κ1) is 14.9. The molecule has 0 radical (unpaired) electrons. The summed E-state index contributed by atoms with van der Waals surface area (Å²) in [6, 6.07) is 11.4. The molecule has 0 aliphatic rings. The van der Waals surface area contributed by atoms with Gasteiger partial charge in [-0.1, -0.05) is 17.7 Å². The molecule has 5 heteroatoms. The molecule has 20 heavy (non-hydrogen) atoms. The van der Waals surface area contributed by atoms with Crippen molar-refractivity contribution in [3.63, 3.8) is 0 Å². The van der Waals surface area contributed by atoms with Crippen molar-refractivity contribution in [1.82, 2.24) is 0 Å². The molecule has 0 unspecified atom stereocenters. The van der Waals surface area contributed by atoms with Crippen LogP contribution < -0.4 is 15.2 Å². The minimum absolute atomic E-state index is 0.712. The van der Waals surface area contributed by atoms with Gasteiger partial charge in [0.05, 0.1) is 19.2 Å². The summed E-state index contributed by atoms with van der Waals surface area (Å²) in [7, 11) is 3.25. The van der Waals surface area contributed by atoms with Crippen LogP contribution in [0.25, 0.3) is 0 Å². The number of thioether (sulfide) groups is 1. The lowest BCUT2D eigenvalue weighted by molar-refractivity contribution is 0.354. The summed E-state index contributed by atoms with van der Waals surface area (Å²) in [4.78, 5) is 0.974. The minimum Gasteiger partial charge on any atom is -0.493 e. The third kappa shape index (κ3) is 3.52. The van der Waals surface area contributed by atoms with Crippen LogP contribution >= 0.6 is 23.4 Å². The van der Waals surface area contributed by atoms with E-state index in [0.29, 0.717) is 10.7 Å². The summed E-state index contributed by atoms with van der Waals surface area (Å²) < 4.78 is 10.5. The maximum Gasteiger partial charge on any atom is 0.161 e. The average molecular weight is 310 g/mol. The van der Waals surface area contributed by atoms with Gasteiger partial charge in [-0.15, -0.1) is 11.8 Å². The number of hydrogen-bond donors (Lipinski definition) is 1. The molecule has 0 amide bonds. The molecule has 2 N–H and O–H groups in total. The van der Waals surface area contributed by atoms with Gasteiger partial charge in [0.2, 0.25) is 0 Å². The summed E-state index contributed by atoms with van der Waals surface area (Å²) in [6.07, 6.45) is 0. The number of anilines is 1. The Balaban J connectivity index is 2.12. The van der Waals surface area contributed by atoms with E-state index in [1.54, 1.807) is 32.0 Å². The van der Waals surface area contributed by atoms with Crippen molar-refractivity contribution in [1.29, 1.82) is 0 Å². The molecule has 0 saturated carbocycles. The molecule has 2 aromatic carbocycles. The van der Waals surface area contributed by atoms with Crippen molar-refractivity contribution in [2.24, 2.45) is 0 Å². The molecule has 2 rings (SSSR count). The van der Waals surface area contributed by atoms with Crippen LogP contribution in [0.4, 0.5) is 5.69 Å². The topological polar surface area (TPSA) is 44.5 Å². The Kier molecular flexibility index (Phi) is 5.04. The van der Waals surface area contributed by atoms with Crippen LogP contribution in [0.1, 0.15) is 5.56 Å². The third-order valence-corrected chi connectivity index (χ3v) is 4.37. The van der Waals surface area contributed by atoms with Crippen LogP contribution in [-0.4, -0.2) is 14.2 Å². The lowest BCUT2D eigenvalue weighted by atomic mass is 10.2. The highest BCUT2D eigenvalue weighted by atomic mass is 35.5. The minimum atomic E-state index is 0.712. The predicted octanol–water partition coefficient (Wildman–Crippen LogP) is 4.23. The fourth-order valence-electron chi connectivity index (χ4n) is 1.76. The van der Waals surface area contributed by atoms with Crippen molar-refractivity contribution in [2.45, 2.75) is 10.6 Å². The number of nitrogen functional groups attached to an aromatic ring is 1. The highest BCUT2D eigenvalue weighted by Gasteiger charge is 2.06. The van der Waals surface area contributed by atoms with E-state index in [-0.39, 0.29) is 0 Å². The largest absolute Gasteiger partial charge is 0.493 e. The number of nitrogens with two attached hydrogens (primary N) is 1. The lowest BCUT2D eigenvalue weighted by Crippen LogP contribution is -1.92. The van der Waals surface area contributed by atoms with Crippen LogP contribution in [0.3, 0.4) is 0 Å². The van der Waals surface area contributed by atoms with E-state index in [2.05, 4.69) is 0 Å². The first-order valence-corrected chi connectivity index (χ1v) is 7.39. The molecule has 2 aromatic rings. The first-order chi connectivity index (χ1) is 9.63. The molecule has 0 aliphatic carbocycles. The molecular formula is C15H16ClNO2S. The molecule has 0 atom stereocenters. The van der Waals surface area contributed by atoms with Gasteiger partial charge in [0.25, 0.3) is 0 Å². The predicted molar refractivity (Wildman–Crippen MR) is 85.0 cm³/mol. The van der Waals surface area contributed by atoms with Crippen molar-refractivity contribution in [3.8, 4) is 11.5 Å². The number of halogens is 1. The lowest BCUT2D eigenvalue weighted by Gasteiger charge is -2.10. The summed E-state index contributed by atoms with van der Waals surface area (Å²) in [6.45, 7) is 0. The van der Waals surface area contributed by atoms with E-state index >= 15 is 0 Å². The molecule has 0 bridgehead atoms. The quantitative estimate of drug-likeness (QED) is 0.663. The van der Waals surface area contributed by atoms with E-state index in [9.17, 15) is 0 Å². The average Bonchev–Trinajstić information content (AvgIpc) is 2.47. The fraction of sp³-hybridized carbons (Fsp3) is 0.200. The standard InChI is InChI=1S/C15H16ClNO2S/c1-18-13-6-3-10(7-14(13)19-2)9-20-15-8-11(17)4-5-12(15)16/h3-8H,9,17H2,1-2H3. The van der Waals surface area contributed by atoms with Crippen molar-refractivity contribution >= 4 is 29.1 Å². The van der Waals surface area contributed by atoms with Gasteiger partial charge in [-0.25, -0.2) is 0 Å². The van der Waals surface area contributed by atoms with Crippen LogP contribution in [0, 0.1) is 0 Å². The Labute approximate surface area is 128 Å². The van der Waals surface area contributed by atoms with Gasteiger partial charge in [0.15, 0.2) is 11.5 Å². The molecular weight excluding hydrogens is 294 g/mol. The molecule has 0 spiro atoms. The molecule has 0 aromatic heterocycles. The number of benzene rings is 2. The molecule has 0 heterocycles. The smallest absolute Gasteiger partial charge is 0.161 e. The number of hydrogen-bond acceptors (Lipinski definition) is 4. The normalized spacial score (nSPS) is 10.3. The second kappa shape index (κ2) is 6.77. The number of methoxy groups -OCH3 is 2. The number of ether oxygens (including phenoxy) is 2. The molecule has 0 fully saturated rings. The Hall–Kier alpha value is -1.52. The van der Waals surface area contributed by atoms with Gasteiger partial charge in [-0.2, -0.15) is 0 Å². The third-order valence-electron chi connectivity index (χ3n) is 2.80. The first-order valence-electron chi connectivity index (χ1n) is 6.02. The van der Waals surface area contributed by atoms with Crippen LogP contribution in [0.5, 0.6) is 11.5 Å². The number of rotatable bonds is 5.